The van der Waals surface area contributed by atoms with Crippen LogP contribution in [-0.2, 0) is 16.1 Å². The highest BCUT2D eigenvalue weighted by Crippen LogP contribution is 2.26. The molecule has 1 aliphatic rings. The van der Waals surface area contributed by atoms with Crippen molar-refractivity contribution in [1.29, 1.82) is 0 Å². The van der Waals surface area contributed by atoms with Crippen molar-refractivity contribution in [3.63, 3.8) is 0 Å². The minimum absolute atomic E-state index is 0.0917. The van der Waals surface area contributed by atoms with Gasteiger partial charge in [0.1, 0.15) is 5.75 Å². The lowest BCUT2D eigenvalue weighted by molar-refractivity contribution is -0.144. The Hall–Kier alpha value is -2.96. The normalized spacial score (nSPS) is 19.1. The van der Waals surface area contributed by atoms with Gasteiger partial charge in [0.15, 0.2) is 6.61 Å². The van der Waals surface area contributed by atoms with Gasteiger partial charge in [-0.05, 0) is 49.1 Å². The molecule has 1 aromatic heterocycles. The summed E-state index contributed by atoms with van der Waals surface area (Å²) in [4.78, 5) is 30.2. The standard InChI is InChI=1S/C21H24FN3O3/c1-16-5-2-7-18(11-16)28-14-19(26)25-10-4-8-21(22,15-25)20(27)24-13-17-6-3-9-23-12-17/h2-3,5-7,9,11-12H,4,8,10,13-15H2,1H3,(H,24,27). The molecule has 7 heteroatoms. The van der Waals surface area contributed by atoms with E-state index in [0.29, 0.717) is 18.7 Å². The first-order valence-electron chi connectivity index (χ1n) is 9.30. The Labute approximate surface area is 163 Å². The Balaban J connectivity index is 1.54. The quantitative estimate of drug-likeness (QED) is 0.829. The van der Waals surface area contributed by atoms with E-state index in [4.69, 9.17) is 4.74 Å². The third-order valence-electron chi connectivity index (χ3n) is 4.73. The largest absolute Gasteiger partial charge is 0.484 e. The van der Waals surface area contributed by atoms with Crippen LogP contribution in [-0.4, -0.2) is 47.1 Å². The zero-order chi connectivity index (χ0) is 20.0. The van der Waals surface area contributed by atoms with E-state index in [0.717, 1.165) is 11.1 Å². The van der Waals surface area contributed by atoms with Crippen molar-refractivity contribution < 1.29 is 18.7 Å². The summed E-state index contributed by atoms with van der Waals surface area (Å²) in [6, 6.07) is 10.9. The second kappa shape index (κ2) is 8.82. The molecule has 0 aliphatic carbocycles. The van der Waals surface area contributed by atoms with E-state index >= 15 is 4.39 Å². The highest BCUT2D eigenvalue weighted by Gasteiger charge is 2.43. The minimum atomic E-state index is -2.10. The summed E-state index contributed by atoms with van der Waals surface area (Å²) in [7, 11) is 0. The third-order valence-corrected chi connectivity index (χ3v) is 4.73. The first-order valence-corrected chi connectivity index (χ1v) is 9.30. The molecular weight excluding hydrogens is 361 g/mol. The third kappa shape index (κ3) is 5.06. The van der Waals surface area contributed by atoms with E-state index < -0.39 is 11.6 Å². The molecule has 2 amide bonds. The molecule has 1 atom stereocenters. The number of nitrogens with one attached hydrogen (secondary N) is 1. The van der Waals surface area contributed by atoms with Crippen LogP contribution in [0.4, 0.5) is 4.39 Å². The lowest BCUT2D eigenvalue weighted by Gasteiger charge is -2.36. The first kappa shape index (κ1) is 19.8. The second-order valence-corrected chi connectivity index (χ2v) is 7.03. The molecule has 1 unspecified atom stereocenters. The molecule has 1 N–H and O–H groups in total. The lowest BCUT2D eigenvalue weighted by atomic mass is 9.93. The van der Waals surface area contributed by atoms with Crippen LogP contribution >= 0.6 is 0 Å². The fourth-order valence-corrected chi connectivity index (χ4v) is 3.19. The van der Waals surface area contributed by atoms with Crippen LogP contribution in [0.25, 0.3) is 0 Å². The van der Waals surface area contributed by atoms with Gasteiger partial charge in [0.2, 0.25) is 5.67 Å². The molecular formula is C21H24FN3O3. The lowest BCUT2D eigenvalue weighted by Crippen LogP contribution is -2.56. The Morgan fingerprint density at radius 3 is 2.93 bits per heavy atom. The van der Waals surface area contributed by atoms with Crippen molar-refractivity contribution >= 4 is 11.8 Å². The molecule has 0 radical (unpaired) electrons. The van der Waals surface area contributed by atoms with Crippen LogP contribution in [0.2, 0.25) is 0 Å². The monoisotopic (exact) mass is 385 g/mol. The van der Waals surface area contributed by atoms with E-state index in [1.165, 1.54) is 4.90 Å². The van der Waals surface area contributed by atoms with Crippen molar-refractivity contribution in [3.8, 4) is 5.75 Å². The highest BCUT2D eigenvalue weighted by molar-refractivity contribution is 5.87. The Bertz CT molecular complexity index is 831. The van der Waals surface area contributed by atoms with Gasteiger partial charge >= 0.3 is 0 Å². The van der Waals surface area contributed by atoms with Gasteiger partial charge in [0.25, 0.3) is 11.8 Å². The molecule has 148 valence electrons. The number of pyridine rings is 1. The minimum Gasteiger partial charge on any atom is -0.484 e. The smallest absolute Gasteiger partial charge is 0.260 e. The van der Waals surface area contributed by atoms with E-state index in [1.54, 1.807) is 30.6 Å². The molecule has 28 heavy (non-hydrogen) atoms. The summed E-state index contributed by atoms with van der Waals surface area (Å²) in [5.41, 5.74) is -0.287. The van der Waals surface area contributed by atoms with Crippen LogP contribution in [0.15, 0.2) is 48.8 Å². The Morgan fingerprint density at radius 1 is 1.32 bits per heavy atom. The first-order chi connectivity index (χ1) is 13.5. The number of rotatable bonds is 6. The number of carbonyl (C=O) groups is 2. The molecule has 6 nitrogen and oxygen atoms in total. The van der Waals surface area contributed by atoms with Crippen LogP contribution in [0, 0.1) is 6.92 Å². The number of amides is 2. The van der Waals surface area contributed by atoms with Crippen LogP contribution < -0.4 is 10.1 Å². The van der Waals surface area contributed by atoms with Crippen molar-refractivity contribution in [2.45, 2.75) is 32.0 Å². The summed E-state index contributed by atoms with van der Waals surface area (Å²) in [5.74, 6) is -0.442. The second-order valence-electron chi connectivity index (χ2n) is 7.03. The number of aryl methyl sites for hydroxylation is 1. The number of nitrogens with zero attached hydrogens (tertiary/aromatic N) is 2. The molecule has 2 aromatic rings. The summed E-state index contributed by atoms with van der Waals surface area (Å²) >= 11 is 0. The molecule has 1 fully saturated rings. The van der Waals surface area contributed by atoms with Crippen LogP contribution in [0.3, 0.4) is 0 Å². The average molecular weight is 385 g/mol. The Morgan fingerprint density at radius 2 is 2.18 bits per heavy atom. The number of ether oxygens (including phenoxy) is 1. The highest BCUT2D eigenvalue weighted by atomic mass is 19.1. The summed E-state index contributed by atoms with van der Waals surface area (Å²) < 4.78 is 20.7. The summed E-state index contributed by atoms with van der Waals surface area (Å²) in [5, 5.41) is 2.61. The molecule has 2 heterocycles. The molecule has 0 bridgehead atoms. The van der Waals surface area contributed by atoms with Gasteiger partial charge in [-0.3, -0.25) is 14.6 Å². The predicted molar refractivity (Wildman–Crippen MR) is 102 cm³/mol. The molecule has 0 spiro atoms. The number of hydrogen-bond donors (Lipinski definition) is 1. The summed E-state index contributed by atoms with van der Waals surface area (Å²) in [6.07, 6.45) is 3.76. The van der Waals surface area contributed by atoms with Gasteiger partial charge in [0.05, 0.1) is 6.54 Å². The van der Waals surface area contributed by atoms with Gasteiger partial charge in [-0.25, -0.2) is 4.39 Å². The van der Waals surface area contributed by atoms with Crippen molar-refractivity contribution in [1.82, 2.24) is 15.2 Å². The zero-order valence-electron chi connectivity index (χ0n) is 15.9. The molecule has 1 aromatic carbocycles. The number of carbonyl (C=O) groups excluding carboxylic acids is 2. The molecule has 3 rings (SSSR count). The van der Waals surface area contributed by atoms with Crippen molar-refractivity contribution in [3.05, 3.63) is 59.9 Å². The molecule has 1 saturated heterocycles. The molecule has 0 saturated carbocycles. The zero-order valence-corrected chi connectivity index (χ0v) is 15.9. The number of halogens is 1. The van der Waals surface area contributed by atoms with Crippen molar-refractivity contribution in [2.75, 3.05) is 19.7 Å². The maximum absolute atomic E-state index is 15.2. The van der Waals surface area contributed by atoms with E-state index in [-0.39, 0.29) is 32.0 Å². The fraction of sp³-hybridized carbons (Fsp3) is 0.381. The fourth-order valence-electron chi connectivity index (χ4n) is 3.19. The SMILES string of the molecule is Cc1cccc(OCC(=O)N2CCCC(F)(C(=O)NCc3cccnc3)C2)c1. The number of hydrogen-bond acceptors (Lipinski definition) is 4. The van der Waals surface area contributed by atoms with E-state index in [2.05, 4.69) is 10.3 Å². The van der Waals surface area contributed by atoms with Crippen LogP contribution in [0.5, 0.6) is 5.75 Å². The maximum atomic E-state index is 15.2. The number of aromatic nitrogens is 1. The predicted octanol–water partition coefficient (Wildman–Crippen LogP) is 2.42. The number of alkyl halides is 1. The van der Waals surface area contributed by atoms with Crippen molar-refractivity contribution in [2.24, 2.45) is 0 Å². The van der Waals surface area contributed by atoms with E-state index in [9.17, 15) is 9.59 Å². The number of benzene rings is 1. The van der Waals surface area contributed by atoms with Gasteiger partial charge in [-0.1, -0.05) is 18.2 Å². The Kier molecular flexibility index (Phi) is 6.23. The average Bonchev–Trinajstić information content (AvgIpc) is 2.71. The van der Waals surface area contributed by atoms with Gasteiger partial charge in [-0.2, -0.15) is 0 Å². The van der Waals surface area contributed by atoms with Gasteiger partial charge < -0.3 is 15.0 Å². The topological polar surface area (TPSA) is 71.5 Å². The number of likely N-dealkylation sites (tertiary alicyclic amines) is 1. The van der Waals surface area contributed by atoms with Crippen LogP contribution in [0.1, 0.15) is 24.0 Å². The summed E-state index contributed by atoms with van der Waals surface area (Å²) in [6.45, 7) is 2.10. The molecule has 1 aliphatic heterocycles. The maximum Gasteiger partial charge on any atom is 0.260 e. The van der Waals surface area contributed by atoms with E-state index in [1.807, 2.05) is 25.1 Å². The number of piperidine rings is 1. The van der Waals surface area contributed by atoms with Gasteiger partial charge in [-0.15, -0.1) is 0 Å². The van der Waals surface area contributed by atoms with Gasteiger partial charge in [0, 0.05) is 25.5 Å².